The number of nitrogens with one attached hydrogen (secondary N) is 2. The van der Waals surface area contributed by atoms with Crippen LogP contribution in [0.3, 0.4) is 0 Å². The Morgan fingerprint density at radius 3 is 2.49 bits per heavy atom. The number of imidazole rings is 1. The molecule has 0 saturated heterocycles. The lowest BCUT2D eigenvalue weighted by Crippen LogP contribution is -2.26. The summed E-state index contributed by atoms with van der Waals surface area (Å²) in [5.41, 5.74) is 5.07. The number of aromatic nitrogens is 2. The maximum absolute atomic E-state index is 13.0. The molecule has 7 nitrogen and oxygen atoms in total. The van der Waals surface area contributed by atoms with Gasteiger partial charge in [0.25, 0.3) is 5.91 Å². The number of H-pyrrole nitrogens is 1. The van der Waals surface area contributed by atoms with Gasteiger partial charge in [-0.05, 0) is 82.9 Å². The molecule has 0 bridgehead atoms. The SMILES string of the molecule is CC(NC(=O)c1ccc2cc(O)c(Cc3ccc(C(=O)O)cc3)cc2c1)c1ccc2nc[nH]c2c1. The van der Waals surface area contributed by atoms with Crippen molar-refractivity contribution in [2.24, 2.45) is 0 Å². The third-order valence-corrected chi connectivity index (χ3v) is 6.19. The zero-order valence-corrected chi connectivity index (χ0v) is 18.9. The Bertz CT molecular complexity index is 1570. The molecule has 1 aromatic heterocycles. The minimum Gasteiger partial charge on any atom is -0.508 e. The van der Waals surface area contributed by atoms with Crippen LogP contribution in [0.4, 0.5) is 0 Å². The first-order chi connectivity index (χ1) is 16.9. The third-order valence-electron chi connectivity index (χ3n) is 6.19. The van der Waals surface area contributed by atoms with Crippen LogP contribution < -0.4 is 5.32 Å². The largest absolute Gasteiger partial charge is 0.508 e. The fraction of sp³-hybridized carbons (Fsp3) is 0.107. The second kappa shape index (κ2) is 8.95. The predicted octanol–water partition coefficient (Wildman–Crippen LogP) is 5.20. The molecule has 0 saturated carbocycles. The van der Waals surface area contributed by atoms with E-state index in [9.17, 15) is 14.7 Å². The fourth-order valence-corrected chi connectivity index (χ4v) is 4.19. The number of aromatic carboxylic acids is 1. The van der Waals surface area contributed by atoms with Gasteiger partial charge in [0.15, 0.2) is 0 Å². The molecule has 4 N–H and O–H groups in total. The van der Waals surface area contributed by atoms with Gasteiger partial charge in [0.1, 0.15) is 5.75 Å². The Labute approximate surface area is 201 Å². The first-order valence-corrected chi connectivity index (χ1v) is 11.2. The number of rotatable bonds is 6. The van der Waals surface area contributed by atoms with Crippen molar-refractivity contribution in [2.75, 3.05) is 0 Å². The van der Waals surface area contributed by atoms with Crippen LogP contribution in [0.1, 0.15) is 50.4 Å². The summed E-state index contributed by atoms with van der Waals surface area (Å²) in [6.45, 7) is 1.93. The lowest BCUT2D eigenvalue weighted by molar-refractivity contribution is 0.0696. The van der Waals surface area contributed by atoms with Crippen molar-refractivity contribution >= 4 is 33.7 Å². The summed E-state index contributed by atoms with van der Waals surface area (Å²) in [4.78, 5) is 31.4. The highest BCUT2D eigenvalue weighted by Gasteiger charge is 2.14. The van der Waals surface area contributed by atoms with Crippen LogP contribution in [0.15, 0.2) is 79.1 Å². The van der Waals surface area contributed by atoms with Crippen LogP contribution in [0.2, 0.25) is 0 Å². The van der Waals surface area contributed by atoms with Gasteiger partial charge in [0, 0.05) is 12.0 Å². The Kier molecular flexibility index (Phi) is 5.66. The normalized spacial score (nSPS) is 12.0. The van der Waals surface area contributed by atoms with E-state index >= 15 is 0 Å². The zero-order chi connectivity index (χ0) is 24.5. The number of phenolic OH excluding ortho intramolecular Hbond substituents is 1. The molecule has 174 valence electrons. The summed E-state index contributed by atoms with van der Waals surface area (Å²) in [7, 11) is 0. The van der Waals surface area contributed by atoms with E-state index in [4.69, 9.17) is 5.11 Å². The first-order valence-electron chi connectivity index (χ1n) is 11.2. The number of hydrogen-bond acceptors (Lipinski definition) is 4. The number of fused-ring (bicyclic) bond motifs is 2. The third kappa shape index (κ3) is 4.56. The number of carboxylic acids is 1. The number of carbonyl (C=O) groups excluding carboxylic acids is 1. The summed E-state index contributed by atoms with van der Waals surface area (Å²) >= 11 is 0. The van der Waals surface area contributed by atoms with Crippen molar-refractivity contribution in [3.05, 3.63) is 107 Å². The van der Waals surface area contributed by atoms with Crippen molar-refractivity contribution in [1.29, 1.82) is 0 Å². The molecule has 0 spiro atoms. The molecule has 0 aliphatic carbocycles. The molecule has 0 fully saturated rings. The second-order valence-corrected chi connectivity index (χ2v) is 8.60. The first kappa shape index (κ1) is 22.2. The molecule has 0 aliphatic rings. The average molecular weight is 466 g/mol. The Morgan fingerprint density at radius 2 is 1.71 bits per heavy atom. The summed E-state index contributed by atoms with van der Waals surface area (Å²) in [5.74, 6) is -1.02. The van der Waals surface area contributed by atoms with Gasteiger partial charge in [-0.15, -0.1) is 0 Å². The van der Waals surface area contributed by atoms with Gasteiger partial charge in [-0.2, -0.15) is 0 Å². The molecular weight excluding hydrogens is 442 g/mol. The summed E-state index contributed by atoms with van der Waals surface area (Å²) in [6, 6.07) is 21.1. The number of aromatic hydroxyl groups is 1. The highest BCUT2D eigenvalue weighted by molar-refractivity contribution is 5.99. The standard InChI is InChI=1S/C28H23N3O4/c1-16(19-8-9-24-25(13-19)30-15-29-24)31-27(33)21-7-6-20-14-26(32)23(12-22(20)11-21)10-17-2-4-18(5-3-17)28(34)35/h2-9,11-16,32H,10H2,1H3,(H,29,30)(H,31,33)(H,34,35). The molecule has 5 aromatic rings. The summed E-state index contributed by atoms with van der Waals surface area (Å²) in [6.07, 6.45) is 2.08. The molecular formula is C28H23N3O4. The molecule has 1 unspecified atom stereocenters. The van der Waals surface area contributed by atoms with Gasteiger partial charge in [0.05, 0.1) is 29.0 Å². The fourth-order valence-electron chi connectivity index (χ4n) is 4.19. The van der Waals surface area contributed by atoms with Gasteiger partial charge in [-0.3, -0.25) is 4.79 Å². The molecule has 0 radical (unpaired) electrons. The van der Waals surface area contributed by atoms with Crippen LogP contribution in [-0.4, -0.2) is 32.1 Å². The molecule has 1 heterocycles. The topological polar surface area (TPSA) is 115 Å². The average Bonchev–Trinajstić information content (AvgIpc) is 3.32. The predicted molar refractivity (Wildman–Crippen MR) is 134 cm³/mol. The van der Waals surface area contributed by atoms with Crippen LogP contribution in [0.25, 0.3) is 21.8 Å². The minimum atomic E-state index is -0.980. The number of carboxylic acid groups (broad SMARTS) is 1. The van der Waals surface area contributed by atoms with Crippen molar-refractivity contribution in [1.82, 2.24) is 15.3 Å². The van der Waals surface area contributed by atoms with E-state index < -0.39 is 5.97 Å². The van der Waals surface area contributed by atoms with Gasteiger partial charge in [-0.1, -0.05) is 24.3 Å². The Balaban J connectivity index is 1.37. The molecule has 7 heteroatoms. The maximum Gasteiger partial charge on any atom is 0.335 e. The van der Waals surface area contributed by atoms with E-state index in [1.54, 1.807) is 42.7 Å². The quantitative estimate of drug-likeness (QED) is 0.275. The number of nitrogens with zero attached hydrogens (tertiary/aromatic N) is 1. The van der Waals surface area contributed by atoms with Gasteiger partial charge in [-0.25, -0.2) is 9.78 Å². The lowest BCUT2D eigenvalue weighted by atomic mass is 9.98. The molecule has 1 atom stereocenters. The molecule has 4 aromatic carbocycles. The van der Waals surface area contributed by atoms with Crippen molar-refractivity contribution < 1.29 is 19.8 Å². The zero-order valence-electron chi connectivity index (χ0n) is 18.9. The highest BCUT2D eigenvalue weighted by Crippen LogP contribution is 2.28. The van der Waals surface area contributed by atoms with Crippen molar-refractivity contribution in [3.63, 3.8) is 0 Å². The lowest BCUT2D eigenvalue weighted by Gasteiger charge is -2.15. The number of amides is 1. The maximum atomic E-state index is 13.0. The van der Waals surface area contributed by atoms with Gasteiger partial charge >= 0.3 is 5.97 Å². The van der Waals surface area contributed by atoms with Gasteiger partial charge < -0.3 is 20.5 Å². The molecule has 35 heavy (non-hydrogen) atoms. The van der Waals surface area contributed by atoms with Gasteiger partial charge in [0.2, 0.25) is 0 Å². The number of phenols is 1. The van der Waals surface area contributed by atoms with E-state index in [2.05, 4.69) is 15.3 Å². The highest BCUT2D eigenvalue weighted by atomic mass is 16.4. The van der Waals surface area contributed by atoms with Crippen molar-refractivity contribution in [2.45, 2.75) is 19.4 Å². The number of aromatic amines is 1. The molecule has 1 amide bonds. The minimum absolute atomic E-state index is 0.153. The molecule has 5 rings (SSSR count). The van der Waals surface area contributed by atoms with E-state index in [0.717, 1.165) is 32.9 Å². The van der Waals surface area contributed by atoms with E-state index in [-0.39, 0.29) is 23.3 Å². The van der Waals surface area contributed by atoms with Crippen LogP contribution in [0, 0.1) is 0 Å². The summed E-state index contributed by atoms with van der Waals surface area (Å²) in [5, 5.41) is 24.3. The molecule has 0 aliphatic heterocycles. The Hall–Kier alpha value is -4.65. The van der Waals surface area contributed by atoms with Crippen LogP contribution in [-0.2, 0) is 6.42 Å². The van der Waals surface area contributed by atoms with Crippen LogP contribution in [0.5, 0.6) is 5.75 Å². The number of carbonyl (C=O) groups is 2. The van der Waals surface area contributed by atoms with E-state index in [1.165, 1.54) is 0 Å². The number of benzene rings is 4. The second-order valence-electron chi connectivity index (χ2n) is 8.60. The monoisotopic (exact) mass is 465 g/mol. The van der Waals surface area contributed by atoms with E-state index in [0.29, 0.717) is 17.5 Å². The van der Waals surface area contributed by atoms with Crippen LogP contribution >= 0.6 is 0 Å². The number of hydrogen-bond donors (Lipinski definition) is 4. The van der Waals surface area contributed by atoms with E-state index in [1.807, 2.05) is 43.3 Å². The van der Waals surface area contributed by atoms with Crippen molar-refractivity contribution in [3.8, 4) is 5.75 Å². The Morgan fingerprint density at radius 1 is 0.943 bits per heavy atom. The summed E-state index contributed by atoms with van der Waals surface area (Å²) < 4.78 is 0. The smallest absolute Gasteiger partial charge is 0.335 e.